The Bertz CT molecular complexity index is 1110. The van der Waals surface area contributed by atoms with Crippen molar-refractivity contribution in [2.45, 2.75) is 6.92 Å². The summed E-state index contributed by atoms with van der Waals surface area (Å²) in [4.78, 5) is 24.9. The van der Waals surface area contributed by atoms with Gasteiger partial charge in [-0.3, -0.25) is 14.9 Å². The van der Waals surface area contributed by atoms with E-state index >= 15 is 0 Å². The molecule has 0 radical (unpaired) electrons. The Kier molecular flexibility index (Phi) is 8.11. The number of thiocarbonyl (C=S) groups is 1. The van der Waals surface area contributed by atoms with Gasteiger partial charge in [-0.25, -0.2) is 0 Å². The zero-order valence-corrected chi connectivity index (χ0v) is 18.3. The third-order valence-corrected chi connectivity index (χ3v) is 4.51. The molecule has 0 unspecified atom stereocenters. The zero-order chi connectivity index (χ0) is 22.8. The molecule has 0 atom stereocenters. The molecule has 0 fully saturated rings. The van der Waals surface area contributed by atoms with Gasteiger partial charge in [0, 0.05) is 11.8 Å². The number of ether oxygens (including phenoxy) is 1. The number of hydrogen-bond donors (Lipinski definition) is 3. The smallest absolute Gasteiger partial charge is 0.257 e. The van der Waals surface area contributed by atoms with E-state index in [4.69, 9.17) is 17.0 Å². The molecule has 3 N–H and O–H groups in total. The zero-order valence-electron chi connectivity index (χ0n) is 17.5. The molecule has 0 saturated carbocycles. The van der Waals surface area contributed by atoms with Crippen LogP contribution in [0, 0.1) is 0 Å². The van der Waals surface area contributed by atoms with Crippen molar-refractivity contribution in [1.82, 2.24) is 5.32 Å². The normalized spacial score (nSPS) is 10.4. The van der Waals surface area contributed by atoms with Crippen LogP contribution in [-0.4, -0.2) is 23.5 Å². The largest absolute Gasteiger partial charge is 0.494 e. The van der Waals surface area contributed by atoms with Gasteiger partial charge in [0.15, 0.2) is 5.11 Å². The van der Waals surface area contributed by atoms with Crippen LogP contribution in [0.3, 0.4) is 0 Å². The fourth-order valence-electron chi connectivity index (χ4n) is 2.83. The van der Waals surface area contributed by atoms with Crippen LogP contribution < -0.4 is 20.7 Å². The Morgan fingerprint density at radius 3 is 2.31 bits per heavy atom. The van der Waals surface area contributed by atoms with Gasteiger partial charge < -0.3 is 15.4 Å². The summed E-state index contributed by atoms with van der Waals surface area (Å²) in [5, 5.41) is 8.42. The van der Waals surface area contributed by atoms with Crippen molar-refractivity contribution in [3.05, 3.63) is 96.1 Å². The highest BCUT2D eigenvalue weighted by molar-refractivity contribution is 7.80. The van der Waals surface area contributed by atoms with Crippen LogP contribution in [-0.2, 0) is 4.79 Å². The standard InChI is InChI=1S/C25H23N3O3S/c1-2-31-20-15-12-18(13-16-20)14-17-23(29)28-25(32)27-22-11-7-6-10-21(22)24(30)26-19-8-4-3-5-9-19/h3-17H,2H2,1H3,(H,26,30)(H2,27,28,29,32)/b17-14+. The monoisotopic (exact) mass is 445 g/mol. The number of carbonyl (C=O) groups excluding carboxylic acids is 2. The van der Waals surface area contributed by atoms with Gasteiger partial charge >= 0.3 is 0 Å². The topological polar surface area (TPSA) is 79.5 Å². The summed E-state index contributed by atoms with van der Waals surface area (Å²) >= 11 is 5.24. The van der Waals surface area contributed by atoms with Crippen molar-refractivity contribution in [2.75, 3.05) is 17.2 Å². The fraction of sp³-hybridized carbons (Fsp3) is 0.0800. The van der Waals surface area contributed by atoms with E-state index in [0.717, 1.165) is 11.3 Å². The van der Waals surface area contributed by atoms with Crippen LogP contribution in [0.5, 0.6) is 5.75 Å². The molecule has 2 amide bonds. The molecular formula is C25H23N3O3S. The number of hydrogen-bond acceptors (Lipinski definition) is 4. The van der Waals surface area contributed by atoms with Crippen LogP contribution in [0.1, 0.15) is 22.8 Å². The molecule has 7 heteroatoms. The molecule has 3 aromatic rings. The Hall–Kier alpha value is -3.97. The molecule has 0 bridgehead atoms. The molecule has 3 rings (SSSR count). The number of benzene rings is 3. The molecule has 3 aromatic carbocycles. The highest BCUT2D eigenvalue weighted by Crippen LogP contribution is 2.17. The minimum absolute atomic E-state index is 0.0892. The Morgan fingerprint density at radius 1 is 0.906 bits per heavy atom. The second kappa shape index (κ2) is 11.4. The van der Waals surface area contributed by atoms with Crippen LogP contribution in [0.15, 0.2) is 84.9 Å². The van der Waals surface area contributed by atoms with Crippen LogP contribution in [0.25, 0.3) is 6.08 Å². The van der Waals surface area contributed by atoms with Crippen molar-refractivity contribution in [3.63, 3.8) is 0 Å². The van der Waals surface area contributed by atoms with Crippen molar-refractivity contribution < 1.29 is 14.3 Å². The van der Waals surface area contributed by atoms with Crippen molar-refractivity contribution in [2.24, 2.45) is 0 Å². The summed E-state index contributed by atoms with van der Waals surface area (Å²) in [5.41, 5.74) is 2.42. The predicted octanol–water partition coefficient (Wildman–Crippen LogP) is 4.86. The summed E-state index contributed by atoms with van der Waals surface area (Å²) < 4.78 is 5.40. The van der Waals surface area contributed by atoms with Gasteiger partial charge in [0.2, 0.25) is 5.91 Å². The molecule has 0 spiro atoms. The third kappa shape index (κ3) is 6.78. The molecular weight excluding hydrogens is 422 g/mol. The maximum absolute atomic E-state index is 12.7. The van der Waals surface area contributed by atoms with E-state index in [1.165, 1.54) is 6.08 Å². The molecule has 6 nitrogen and oxygen atoms in total. The fourth-order valence-corrected chi connectivity index (χ4v) is 3.04. The van der Waals surface area contributed by atoms with E-state index in [2.05, 4.69) is 16.0 Å². The van der Waals surface area contributed by atoms with Crippen LogP contribution in [0.2, 0.25) is 0 Å². The van der Waals surface area contributed by atoms with Crippen LogP contribution >= 0.6 is 12.2 Å². The number of nitrogens with one attached hydrogen (secondary N) is 3. The average Bonchev–Trinajstić information content (AvgIpc) is 2.80. The third-order valence-electron chi connectivity index (χ3n) is 4.31. The summed E-state index contributed by atoms with van der Waals surface area (Å²) in [7, 11) is 0. The number of rotatable bonds is 7. The van der Waals surface area contributed by atoms with Gasteiger partial charge in [0.25, 0.3) is 5.91 Å². The first-order chi connectivity index (χ1) is 15.5. The molecule has 162 valence electrons. The maximum atomic E-state index is 12.7. The summed E-state index contributed by atoms with van der Waals surface area (Å²) in [5.74, 6) is 0.0980. The number of anilines is 2. The SMILES string of the molecule is CCOc1ccc(/C=C/C(=O)NC(=S)Nc2ccccc2C(=O)Nc2ccccc2)cc1. The highest BCUT2D eigenvalue weighted by atomic mass is 32.1. The van der Waals surface area contributed by atoms with E-state index < -0.39 is 0 Å². The van der Waals surface area contributed by atoms with Crippen molar-refractivity contribution in [1.29, 1.82) is 0 Å². The number of amides is 2. The van der Waals surface area contributed by atoms with Gasteiger partial charge in [0.1, 0.15) is 5.75 Å². The van der Waals surface area contributed by atoms with Gasteiger partial charge in [-0.05, 0) is 67.2 Å². The first kappa shape index (κ1) is 22.7. The summed E-state index contributed by atoms with van der Waals surface area (Å²) in [6, 6.07) is 23.5. The second-order valence-electron chi connectivity index (χ2n) is 6.64. The Labute approximate surface area is 192 Å². The van der Waals surface area contributed by atoms with Gasteiger partial charge in [-0.15, -0.1) is 0 Å². The van der Waals surface area contributed by atoms with E-state index in [1.807, 2.05) is 49.4 Å². The molecule has 32 heavy (non-hydrogen) atoms. The summed E-state index contributed by atoms with van der Waals surface area (Å²) in [6.07, 6.45) is 3.06. The highest BCUT2D eigenvalue weighted by Gasteiger charge is 2.12. The number of para-hydroxylation sites is 2. The van der Waals surface area contributed by atoms with Gasteiger partial charge in [-0.2, -0.15) is 0 Å². The van der Waals surface area contributed by atoms with Crippen molar-refractivity contribution in [3.8, 4) is 5.75 Å². The molecule has 0 heterocycles. The van der Waals surface area contributed by atoms with Gasteiger partial charge in [0.05, 0.1) is 17.9 Å². The lowest BCUT2D eigenvalue weighted by molar-refractivity contribution is -0.115. The van der Waals surface area contributed by atoms with Crippen molar-refractivity contribution >= 4 is 46.6 Å². The number of carbonyl (C=O) groups is 2. The molecule has 0 aliphatic rings. The maximum Gasteiger partial charge on any atom is 0.257 e. The van der Waals surface area contributed by atoms with Crippen LogP contribution in [0.4, 0.5) is 11.4 Å². The lowest BCUT2D eigenvalue weighted by atomic mass is 10.1. The molecule has 0 aliphatic carbocycles. The Morgan fingerprint density at radius 2 is 1.59 bits per heavy atom. The molecule has 0 saturated heterocycles. The van der Waals surface area contributed by atoms with E-state index in [9.17, 15) is 9.59 Å². The molecule has 0 aliphatic heterocycles. The second-order valence-corrected chi connectivity index (χ2v) is 7.05. The first-order valence-corrected chi connectivity index (χ1v) is 10.4. The lowest BCUT2D eigenvalue weighted by Crippen LogP contribution is -2.33. The molecule has 0 aromatic heterocycles. The average molecular weight is 446 g/mol. The van der Waals surface area contributed by atoms with E-state index in [1.54, 1.807) is 42.5 Å². The summed E-state index contributed by atoms with van der Waals surface area (Å²) in [6.45, 7) is 2.52. The predicted molar refractivity (Wildman–Crippen MR) is 132 cm³/mol. The minimum Gasteiger partial charge on any atom is -0.494 e. The van der Waals surface area contributed by atoms with E-state index in [0.29, 0.717) is 23.5 Å². The quantitative estimate of drug-likeness (QED) is 0.357. The van der Waals surface area contributed by atoms with Gasteiger partial charge in [-0.1, -0.05) is 42.5 Å². The lowest BCUT2D eigenvalue weighted by Gasteiger charge is -2.13. The van der Waals surface area contributed by atoms with E-state index in [-0.39, 0.29) is 16.9 Å². The first-order valence-electron chi connectivity index (χ1n) is 10.0. The minimum atomic E-state index is -0.386. The Balaban J connectivity index is 1.58.